The zero-order chi connectivity index (χ0) is 18.5. The first-order valence-electron chi connectivity index (χ1n) is 9.39. The van der Waals surface area contributed by atoms with Gasteiger partial charge in [0.15, 0.2) is 0 Å². The van der Waals surface area contributed by atoms with Crippen molar-refractivity contribution in [1.29, 1.82) is 0 Å². The predicted molar refractivity (Wildman–Crippen MR) is 108 cm³/mol. The van der Waals surface area contributed by atoms with Crippen molar-refractivity contribution in [2.45, 2.75) is 33.7 Å². The number of nitrogens with zero attached hydrogens (tertiary/aromatic N) is 1. The maximum Gasteiger partial charge on any atom is 0.319 e. The van der Waals surface area contributed by atoms with Crippen molar-refractivity contribution >= 4 is 11.7 Å². The van der Waals surface area contributed by atoms with Gasteiger partial charge in [0, 0.05) is 25.3 Å². The SMILES string of the molecule is Cc1ccc(CN2CCC(CNC(=O)Nc3cc(C)cc(C)c3)C2)cc1. The molecule has 0 aliphatic carbocycles. The van der Waals surface area contributed by atoms with Crippen LogP contribution in [-0.2, 0) is 6.54 Å². The van der Waals surface area contributed by atoms with E-state index in [0.29, 0.717) is 5.92 Å². The van der Waals surface area contributed by atoms with Gasteiger partial charge in [0.25, 0.3) is 0 Å². The van der Waals surface area contributed by atoms with E-state index < -0.39 is 0 Å². The lowest BCUT2D eigenvalue weighted by molar-refractivity contribution is 0.249. The van der Waals surface area contributed by atoms with Crippen molar-refractivity contribution in [1.82, 2.24) is 10.2 Å². The van der Waals surface area contributed by atoms with Crippen molar-refractivity contribution in [2.75, 3.05) is 25.0 Å². The largest absolute Gasteiger partial charge is 0.338 e. The average molecular weight is 351 g/mol. The normalized spacial score (nSPS) is 17.3. The Bertz CT molecular complexity index is 734. The maximum atomic E-state index is 12.2. The van der Waals surface area contributed by atoms with Gasteiger partial charge >= 0.3 is 6.03 Å². The van der Waals surface area contributed by atoms with Crippen molar-refractivity contribution in [2.24, 2.45) is 5.92 Å². The van der Waals surface area contributed by atoms with Crippen LogP contribution in [0.15, 0.2) is 42.5 Å². The van der Waals surface area contributed by atoms with Gasteiger partial charge in [-0.3, -0.25) is 4.90 Å². The molecule has 1 unspecified atom stereocenters. The van der Waals surface area contributed by atoms with Crippen LogP contribution in [0.2, 0.25) is 0 Å². The Morgan fingerprint density at radius 1 is 1.04 bits per heavy atom. The van der Waals surface area contributed by atoms with Crippen LogP contribution in [-0.4, -0.2) is 30.6 Å². The second-order valence-corrected chi connectivity index (χ2v) is 7.59. The highest BCUT2D eigenvalue weighted by atomic mass is 16.2. The Hall–Kier alpha value is -2.33. The van der Waals surface area contributed by atoms with E-state index in [1.807, 2.05) is 26.0 Å². The molecule has 1 fully saturated rings. The van der Waals surface area contributed by atoms with Crippen molar-refractivity contribution in [3.8, 4) is 0 Å². The molecular weight excluding hydrogens is 322 g/mol. The molecule has 3 rings (SSSR count). The van der Waals surface area contributed by atoms with Crippen molar-refractivity contribution in [3.05, 3.63) is 64.7 Å². The number of anilines is 1. The molecule has 1 saturated heterocycles. The Morgan fingerprint density at radius 3 is 2.42 bits per heavy atom. The second-order valence-electron chi connectivity index (χ2n) is 7.59. The molecule has 1 atom stereocenters. The lowest BCUT2D eigenvalue weighted by Crippen LogP contribution is -2.34. The monoisotopic (exact) mass is 351 g/mol. The molecule has 1 aliphatic rings. The minimum absolute atomic E-state index is 0.119. The molecule has 2 amide bonds. The number of hydrogen-bond acceptors (Lipinski definition) is 2. The Kier molecular flexibility index (Phi) is 5.94. The summed E-state index contributed by atoms with van der Waals surface area (Å²) >= 11 is 0. The Balaban J connectivity index is 1.42. The van der Waals surface area contributed by atoms with Crippen LogP contribution in [0.3, 0.4) is 0 Å². The summed E-state index contributed by atoms with van der Waals surface area (Å²) in [6.07, 6.45) is 1.13. The molecule has 2 N–H and O–H groups in total. The topological polar surface area (TPSA) is 44.4 Å². The fraction of sp³-hybridized carbons (Fsp3) is 0.409. The van der Waals surface area contributed by atoms with Crippen molar-refractivity contribution < 1.29 is 4.79 Å². The third-order valence-corrected chi connectivity index (χ3v) is 4.93. The summed E-state index contributed by atoms with van der Waals surface area (Å²) in [5.74, 6) is 0.519. The van der Waals surface area contributed by atoms with Gasteiger partial charge in [-0.2, -0.15) is 0 Å². The number of carbonyl (C=O) groups is 1. The summed E-state index contributed by atoms with van der Waals surface area (Å²) in [5.41, 5.74) is 5.82. The van der Waals surface area contributed by atoms with Gasteiger partial charge in [-0.25, -0.2) is 4.79 Å². The third kappa shape index (κ3) is 5.33. The van der Waals surface area contributed by atoms with Crippen LogP contribution < -0.4 is 10.6 Å². The molecule has 0 radical (unpaired) electrons. The molecule has 1 aliphatic heterocycles. The van der Waals surface area contributed by atoms with E-state index >= 15 is 0 Å². The first kappa shape index (κ1) is 18.5. The van der Waals surface area contributed by atoms with E-state index in [4.69, 9.17) is 0 Å². The summed E-state index contributed by atoms with van der Waals surface area (Å²) in [4.78, 5) is 14.6. The molecule has 0 saturated carbocycles. The van der Waals surface area contributed by atoms with Crippen LogP contribution in [0.4, 0.5) is 10.5 Å². The molecule has 2 aromatic carbocycles. The highest BCUT2D eigenvalue weighted by Gasteiger charge is 2.22. The van der Waals surface area contributed by atoms with Gasteiger partial charge in [-0.1, -0.05) is 35.9 Å². The molecule has 138 valence electrons. The van der Waals surface area contributed by atoms with E-state index in [2.05, 4.69) is 52.8 Å². The summed E-state index contributed by atoms with van der Waals surface area (Å²) in [7, 11) is 0. The molecule has 4 heteroatoms. The number of urea groups is 1. The van der Waals surface area contributed by atoms with E-state index in [0.717, 1.165) is 49.4 Å². The molecule has 0 bridgehead atoms. The van der Waals surface area contributed by atoms with E-state index in [1.165, 1.54) is 11.1 Å². The van der Waals surface area contributed by atoms with Gasteiger partial charge in [-0.05, 0) is 68.5 Å². The molecule has 1 heterocycles. The van der Waals surface area contributed by atoms with E-state index in [-0.39, 0.29) is 6.03 Å². The third-order valence-electron chi connectivity index (χ3n) is 4.93. The van der Waals surface area contributed by atoms with Crippen molar-refractivity contribution in [3.63, 3.8) is 0 Å². The smallest absolute Gasteiger partial charge is 0.319 e. The van der Waals surface area contributed by atoms with E-state index in [9.17, 15) is 4.79 Å². The minimum atomic E-state index is -0.119. The summed E-state index contributed by atoms with van der Waals surface area (Å²) in [6.45, 7) is 10.0. The second kappa shape index (κ2) is 8.37. The first-order valence-corrected chi connectivity index (χ1v) is 9.39. The zero-order valence-electron chi connectivity index (χ0n) is 16.0. The summed E-state index contributed by atoms with van der Waals surface area (Å²) < 4.78 is 0. The zero-order valence-corrected chi connectivity index (χ0v) is 16.0. The quantitative estimate of drug-likeness (QED) is 0.845. The lowest BCUT2D eigenvalue weighted by Gasteiger charge is -2.17. The molecule has 0 aromatic heterocycles. The first-order chi connectivity index (χ1) is 12.5. The maximum absolute atomic E-state index is 12.2. The van der Waals surface area contributed by atoms with Gasteiger partial charge in [0.1, 0.15) is 0 Å². The number of hydrogen-bond donors (Lipinski definition) is 2. The number of aryl methyl sites for hydroxylation is 3. The highest BCUT2D eigenvalue weighted by molar-refractivity contribution is 5.89. The fourth-order valence-corrected chi connectivity index (χ4v) is 3.63. The van der Waals surface area contributed by atoms with Crippen LogP contribution in [0.25, 0.3) is 0 Å². The molecule has 0 spiro atoms. The molecule has 4 nitrogen and oxygen atoms in total. The van der Waals surface area contributed by atoms with Crippen LogP contribution in [0.1, 0.15) is 28.7 Å². The van der Waals surface area contributed by atoms with Gasteiger partial charge in [0.2, 0.25) is 0 Å². The average Bonchev–Trinajstić information content (AvgIpc) is 3.02. The number of nitrogens with one attached hydrogen (secondary N) is 2. The Morgan fingerprint density at radius 2 is 1.73 bits per heavy atom. The predicted octanol–water partition coefficient (Wildman–Crippen LogP) is 4.26. The highest BCUT2D eigenvalue weighted by Crippen LogP contribution is 2.19. The minimum Gasteiger partial charge on any atom is -0.338 e. The number of carbonyl (C=O) groups excluding carboxylic acids is 1. The molecule has 26 heavy (non-hydrogen) atoms. The summed E-state index contributed by atoms with van der Waals surface area (Å²) in [6, 6.07) is 14.7. The number of amides is 2. The van der Waals surface area contributed by atoms with Gasteiger partial charge < -0.3 is 10.6 Å². The lowest BCUT2D eigenvalue weighted by atomic mass is 10.1. The standard InChI is InChI=1S/C22H29N3O/c1-16-4-6-19(7-5-16)14-25-9-8-20(15-25)13-23-22(26)24-21-11-17(2)10-18(3)12-21/h4-7,10-12,20H,8-9,13-15H2,1-3H3,(H2,23,24,26). The number of likely N-dealkylation sites (tertiary alicyclic amines) is 1. The molecule has 2 aromatic rings. The van der Waals surface area contributed by atoms with Gasteiger partial charge in [-0.15, -0.1) is 0 Å². The summed E-state index contributed by atoms with van der Waals surface area (Å²) in [5, 5.41) is 5.97. The van der Waals surface area contributed by atoms with Gasteiger partial charge in [0.05, 0.1) is 0 Å². The molecular formula is C22H29N3O. The van der Waals surface area contributed by atoms with E-state index in [1.54, 1.807) is 0 Å². The van der Waals surface area contributed by atoms with Crippen LogP contribution in [0.5, 0.6) is 0 Å². The number of rotatable bonds is 5. The van der Waals surface area contributed by atoms with Crippen LogP contribution >= 0.6 is 0 Å². The van der Waals surface area contributed by atoms with Crippen LogP contribution in [0, 0.1) is 26.7 Å². The Labute approximate surface area is 156 Å². The number of benzene rings is 2. The fourth-order valence-electron chi connectivity index (χ4n) is 3.63.